The molecule has 0 spiro atoms. The molecule has 0 bridgehead atoms. The largest absolute Gasteiger partial charge is 0.379 e. The first-order chi connectivity index (χ1) is 12.3. The molecule has 0 aliphatic heterocycles. The van der Waals surface area contributed by atoms with E-state index in [-0.39, 0.29) is 16.5 Å². The minimum absolute atomic E-state index is 0.00824. The average molecular weight is 391 g/mol. The van der Waals surface area contributed by atoms with Gasteiger partial charge >= 0.3 is 5.69 Å². The number of sulfone groups is 1. The summed E-state index contributed by atoms with van der Waals surface area (Å²) >= 11 is 1.58. The van der Waals surface area contributed by atoms with E-state index in [9.17, 15) is 18.5 Å². The van der Waals surface area contributed by atoms with E-state index in [0.29, 0.717) is 6.54 Å². The second-order valence-corrected chi connectivity index (χ2v) is 9.03. The Kier molecular flexibility index (Phi) is 4.92. The number of benzene rings is 2. The molecule has 1 atom stereocenters. The quantitative estimate of drug-likeness (QED) is 0.506. The summed E-state index contributed by atoms with van der Waals surface area (Å²) in [5.74, 6) is 0.00824. The summed E-state index contributed by atoms with van der Waals surface area (Å²) in [5.41, 5.74) is 0.682. The van der Waals surface area contributed by atoms with Crippen LogP contribution in [0.4, 0.5) is 11.4 Å². The van der Waals surface area contributed by atoms with Crippen LogP contribution in [0.1, 0.15) is 17.8 Å². The maximum absolute atomic E-state index is 11.8. The molecule has 0 aliphatic carbocycles. The van der Waals surface area contributed by atoms with Crippen molar-refractivity contribution in [3.63, 3.8) is 0 Å². The molecule has 0 amide bonds. The molecule has 136 valence electrons. The lowest BCUT2D eigenvalue weighted by atomic mass is 10.2. The first-order valence-corrected chi connectivity index (χ1v) is 10.5. The summed E-state index contributed by atoms with van der Waals surface area (Å²) < 4.78 is 24.7. The van der Waals surface area contributed by atoms with E-state index in [2.05, 4.69) is 10.3 Å². The van der Waals surface area contributed by atoms with Crippen LogP contribution >= 0.6 is 11.3 Å². The van der Waals surface area contributed by atoms with Crippen molar-refractivity contribution in [3.05, 3.63) is 57.6 Å². The van der Waals surface area contributed by atoms with Crippen LogP contribution in [0.5, 0.6) is 0 Å². The van der Waals surface area contributed by atoms with Crippen molar-refractivity contribution in [2.45, 2.75) is 17.7 Å². The molecule has 26 heavy (non-hydrogen) atoms. The molecule has 1 unspecified atom stereocenters. The van der Waals surface area contributed by atoms with Gasteiger partial charge in [0.1, 0.15) is 10.6 Å². The van der Waals surface area contributed by atoms with Crippen molar-refractivity contribution >= 4 is 42.8 Å². The zero-order valence-corrected chi connectivity index (χ0v) is 15.8. The van der Waals surface area contributed by atoms with Crippen LogP contribution in [-0.2, 0) is 9.84 Å². The first-order valence-electron chi connectivity index (χ1n) is 7.84. The number of thiazole rings is 1. The van der Waals surface area contributed by atoms with E-state index in [1.54, 1.807) is 11.3 Å². The SMILES string of the molecule is CC(CNc1cccc(S(C)(=O)=O)c1[N+](=O)[O-])c1nc2ccccc2s1. The normalized spacial score (nSPS) is 12.8. The minimum Gasteiger partial charge on any atom is -0.379 e. The molecule has 0 aliphatic rings. The fraction of sp³-hybridized carbons (Fsp3) is 0.235. The predicted molar refractivity (Wildman–Crippen MR) is 103 cm³/mol. The third kappa shape index (κ3) is 3.68. The smallest absolute Gasteiger partial charge is 0.310 e. The van der Waals surface area contributed by atoms with Gasteiger partial charge < -0.3 is 5.32 Å². The van der Waals surface area contributed by atoms with Gasteiger partial charge in [0, 0.05) is 18.7 Å². The number of fused-ring (bicyclic) bond motifs is 1. The van der Waals surface area contributed by atoms with E-state index in [1.165, 1.54) is 18.2 Å². The summed E-state index contributed by atoms with van der Waals surface area (Å²) in [4.78, 5) is 15.0. The molecule has 1 N–H and O–H groups in total. The number of para-hydroxylation sites is 2. The van der Waals surface area contributed by atoms with Gasteiger partial charge in [-0.1, -0.05) is 25.1 Å². The van der Waals surface area contributed by atoms with E-state index >= 15 is 0 Å². The third-order valence-corrected chi connectivity index (χ3v) is 6.31. The van der Waals surface area contributed by atoms with Gasteiger partial charge in [0.2, 0.25) is 0 Å². The molecular weight excluding hydrogens is 374 g/mol. The number of hydrogen-bond donors (Lipinski definition) is 1. The van der Waals surface area contributed by atoms with Gasteiger partial charge in [-0.3, -0.25) is 10.1 Å². The van der Waals surface area contributed by atoms with Gasteiger partial charge in [-0.25, -0.2) is 13.4 Å². The summed E-state index contributed by atoms with van der Waals surface area (Å²) in [6, 6.07) is 12.1. The van der Waals surface area contributed by atoms with Gasteiger partial charge in [-0.15, -0.1) is 11.3 Å². The number of nitro benzene ring substituents is 1. The van der Waals surface area contributed by atoms with E-state index in [4.69, 9.17) is 0 Å². The van der Waals surface area contributed by atoms with Crippen molar-refractivity contribution in [1.29, 1.82) is 0 Å². The molecular formula is C17H17N3O4S2. The minimum atomic E-state index is -3.70. The van der Waals surface area contributed by atoms with Gasteiger partial charge in [-0.2, -0.15) is 0 Å². The Labute approximate surface area is 154 Å². The molecule has 0 fully saturated rings. The zero-order valence-electron chi connectivity index (χ0n) is 14.2. The van der Waals surface area contributed by atoms with Crippen LogP contribution in [0.25, 0.3) is 10.2 Å². The molecule has 9 heteroatoms. The van der Waals surface area contributed by atoms with Crippen LogP contribution in [-0.4, -0.2) is 31.1 Å². The van der Waals surface area contributed by atoms with Gasteiger partial charge in [0.15, 0.2) is 9.84 Å². The summed E-state index contributed by atoms with van der Waals surface area (Å²) in [6.07, 6.45) is 0.961. The van der Waals surface area contributed by atoms with Crippen molar-refractivity contribution in [2.24, 2.45) is 0 Å². The first kappa shape index (κ1) is 18.3. The highest BCUT2D eigenvalue weighted by Gasteiger charge is 2.26. The van der Waals surface area contributed by atoms with Crippen LogP contribution in [0.15, 0.2) is 47.4 Å². The molecule has 0 saturated carbocycles. The van der Waals surface area contributed by atoms with Crippen molar-refractivity contribution in [1.82, 2.24) is 4.98 Å². The topological polar surface area (TPSA) is 102 Å². The Bertz CT molecular complexity index is 1040. The third-order valence-electron chi connectivity index (χ3n) is 3.91. The van der Waals surface area contributed by atoms with Gasteiger partial charge in [0.05, 0.1) is 20.1 Å². The fourth-order valence-electron chi connectivity index (χ4n) is 2.60. The van der Waals surface area contributed by atoms with E-state index in [0.717, 1.165) is 21.5 Å². The number of nitrogens with zero attached hydrogens (tertiary/aromatic N) is 2. The lowest BCUT2D eigenvalue weighted by molar-refractivity contribution is -0.386. The molecule has 1 aromatic heterocycles. The average Bonchev–Trinajstić information content (AvgIpc) is 3.02. The number of aromatic nitrogens is 1. The maximum atomic E-state index is 11.8. The predicted octanol–water partition coefficient (Wildman–Crippen LogP) is 3.82. The lowest BCUT2D eigenvalue weighted by Crippen LogP contribution is -2.12. The highest BCUT2D eigenvalue weighted by molar-refractivity contribution is 7.90. The number of nitrogens with one attached hydrogen (secondary N) is 1. The maximum Gasteiger partial charge on any atom is 0.310 e. The summed E-state index contributed by atoms with van der Waals surface area (Å²) in [5, 5.41) is 15.3. The number of hydrogen-bond acceptors (Lipinski definition) is 7. The fourth-order valence-corrected chi connectivity index (χ4v) is 4.48. The Morgan fingerprint density at radius 1 is 1.23 bits per heavy atom. The lowest BCUT2D eigenvalue weighted by Gasteiger charge is -2.12. The van der Waals surface area contributed by atoms with Crippen LogP contribution in [0, 0.1) is 10.1 Å². The van der Waals surface area contributed by atoms with Crippen molar-refractivity contribution < 1.29 is 13.3 Å². The van der Waals surface area contributed by atoms with Crippen molar-refractivity contribution in [3.8, 4) is 0 Å². The highest BCUT2D eigenvalue weighted by atomic mass is 32.2. The Hall–Kier alpha value is -2.52. The second kappa shape index (κ2) is 7.00. The van der Waals surface area contributed by atoms with E-state index in [1.807, 2.05) is 31.2 Å². The zero-order chi connectivity index (χ0) is 18.9. The number of anilines is 1. The molecule has 1 heterocycles. The van der Waals surface area contributed by atoms with Gasteiger partial charge in [-0.05, 0) is 24.3 Å². The van der Waals surface area contributed by atoms with Crippen LogP contribution < -0.4 is 5.32 Å². The second-order valence-electron chi connectivity index (χ2n) is 5.98. The molecule has 7 nitrogen and oxygen atoms in total. The summed E-state index contributed by atoms with van der Waals surface area (Å²) in [7, 11) is -3.70. The van der Waals surface area contributed by atoms with E-state index < -0.39 is 20.4 Å². The standard InChI is InChI=1S/C17H17N3O4S2/c1-11(17-19-12-6-3-4-8-14(12)25-17)10-18-13-7-5-9-15(26(2,23)24)16(13)20(21)22/h3-9,11,18H,10H2,1-2H3. The van der Waals surface area contributed by atoms with Gasteiger partial charge in [0.25, 0.3) is 0 Å². The highest BCUT2D eigenvalue weighted by Crippen LogP contribution is 2.33. The Morgan fingerprint density at radius 2 is 1.96 bits per heavy atom. The molecule has 0 radical (unpaired) electrons. The molecule has 3 aromatic rings. The molecule has 2 aromatic carbocycles. The molecule has 3 rings (SSSR count). The number of rotatable bonds is 6. The monoisotopic (exact) mass is 391 g/mol. The summed E-state index contributed by atoms with van der Waals surface area (Å²) in [6.45, 7) is 2.37. The van der Waals surface area contributed by atoms with Crippen LogP contribution in [0.2, 0.25) is 0 Å². The Balaban J connectivity index is 1.86. The Morgan fingerprint density at radius 3 is 2.62 bits per heavy atom. The number of nitro groups is 1. The van der Waals surface area contributed by atoms with Crippen LogP contribution in [0.3, 0.4) is 0 Å². The van der Waals surface area contributed by atoms with Crippen molar-refractivity contribution in [2.75, 3.05) is 18.1 Å². The molecule has 0 saturated heterocycles.